The van der Waals surface area contributed by atoms with Crippen molar-refractivity contribution in [3.05, 3.63) is 63.6 Å². The number of pyridine rings is 1. The van der Waals surface area contributed by atoms with E-state index in [9.17, 15) is 18.4 Å². The number of nitrogens with zero attached hydrogens (tertiary/aromatic N) is 3. The fourth-order valence-electron chi connectivity index (χ4n) is 3.57. The molecule has 1 aromatic heterocycles. The zero-order valence-electron chi connectivity index (χ0n) is 16.6. The van der Waals surface area contributed by atoms with Crippen LogP contribution in [0.1, 0.15) is 32.6 Å². The van der Waals surface area contributed by atoms with Gasteiger partial charge in [0.1, 0.15) is 0 Å². The second kappa shape index (κ2) is 7.52. The minimum atomic E-state index is -3.64. The minimum absolute atomic E-state index is 0.198. The summed E-state index contributed by atoms with van der Waals surface area (Å²) in [7, 11) is -3.64. The highest BCUT2D eigenvalue weighted by molar-refractivity contribution is 7.89. The molecule has 1 aromatic carbocycles. The van der Waals surface area contributed by atoms with Crippen molar-refractivity contribution in [2.24, 2.45) is 0 Å². The van der Waals surface area contributed by atoms with E-state index in [1.807, 2.05) is 33.8 Å². The third-order valence-electron chi connectivity index (χ3n) is 5.47. The number of hydrogen-bond acceptors (Lipinski definition) is 4. The Labute approximate surface area is 165 Å². The van der Waals surface area contributed by atoms with Crippen LogP contribution in [0.3, 0.4) is 0 Å². The number of carbonyl (C=O) groups is 1. The van der Waals surface area contributed by atoms with Gasteiger partial charge in [-0.15, -0.1) is 0 Å². The second-order valence-electron chi connectivity index (χ2n) is 7.23. The molecule has 1 aliphatic heterocycles. The number of carbonyl (C=O) groups excluding carboxylic acids is 1. The zero-order chi connectivity index (χ0) is 20.6. The van der Waals surface area contributed by atoms with Gasteiger partial charge in [0.2, 0.25) is 10.0 Å². The number of piperazine rings is 1. The van der Waals surface area contributed by atoms with Crippen molar-refractivity contribution in [1.29, 1.82) is 0 Å². The lowest BCUT2D eigenvalue weighted by Gasteiger charge is -2.34. The molecule has 7 nitrogen and oxygen atoms in total. The average Bonchev–Trinajstić information content (AvgIpc) is 2.66. The van der Waals surface area contributed by atoms with Crippen molar-refractivity contribution >= 4 is 15.9 Å². The van der Waals surface area contributed by atoms with Crippen LogP contribution in [0, 0.1) is 32.9 Å². The molecule has 3 rings (SSSR count). The van der Waals surface area contributed by atoms with Crippen molar-refractivity contribution in [2.75, 3.05) is 26.2 Å². The molecule has 1 fully saturated rings. The summed E-state index contributed by atoms with van der Waals surface area (Å²) >= 11 is 0. The van der Waals surface area contributed by atoms with Gasteiger partial charge in [0.25, 0.3) is 5.91 Å². The summed E-state index contributed by atoms with van der Waals surface area (Å²) in [5, 5.41) is 11.1. The number of aryl methyl sites for hydroxylation is 2. The van der Waals surface area contributed by atoms with Crippen molar-refractivity contribution in [3.8, 4) is 0 Å². The van der Waals surface area contributed by atoms with E-state index in [2.05, 4.69) is 0 Å². The van der Waals surface area contributed by atoms with Gasteiger partial charge in [0.05, 0.1) is 10.5 Å². The third kappa shape index (κ3) is 3.62. The molecule has 0 atom stereocenters. The van der Waals surface area contributed by atoms with Crippen molar-refractivity contribution < 1.29 is 17.9 Å². The summed E-state index contributed by atoms with van der Waals surface area (Å²) in [6, 6.07) is 4.95. The van der Waals surface area contributed by atoms with Crippen LogP contribution in [0.2, 0.25) is 0 Å². The number of sulfonamides is 1. The lowest BCUT2D eigenvalue weighted by Crippen LogP contribution is -2.50. The molecule has 0 bridgehead atoms. The smallest absolute Gasteiger partial charge is 0.254 e. The monoisotopic (exact) mass is 403 g/mol. The highest BCUT2D eigenvalue weighted by Gasteiger charge is 2.33. The minimum Gasteiger partial charge on any atom is -0.619 e. The Morgan fingerprint density at radius 1 is 0.964 bits per heavy atom. The predicted octanol–water partition coefficient (Wildman–Crippen LogP) is 1.70. The highest BCUT2D eigenvalue weighted by Crippen LogP contribution is 2.29. The van der Waals surface area contributed by atoms with Crippen LogP contribution < -0.4 is 4.73 Å². The first kappa shape index (κ1) is 20.3. The standard InChI is InChI=1S/C20H25N3O4S/c1-14-13-15(2)17(4)19(16(14)3)28(26,27)23-11-9-21(10-12-23)20(24)18-5-7-22(25)8-6-18/h5-8,13H,9-12H2,1-4H3. The molecule has 0 radical (unpaired) electrons. The Morgan fingerprint density at radius 2 is 1.46 bits per heavy atom. The summed E-state index contributed by atoms with van der Waals surface area (Å²) in [4.78, 5) is 14.6. The van der Waals surface area contributed by atoms with E-state index < -0.39 is 10.0 Å². The quantitative estimate of drug-likeness (QED) is 0.577. The largest absolute Gasteiger partial charge is 0.619 e. The first-order valence-electron chi connectivity index (χ1n) is 9.18. The predicted molar refractivity (Wildman–Crippen MR) is 105 cm³/mol. The SMILES string of the molecule is Cc1cc(C)c(C)c(S(=O)(=O)N2CCN(C(=O)c3cc[n+]([O-])cc3)CC2)c1C. The summed E-state index contributed by atoms with van der Waals surface area (Å²) in [6.07, 6.45) is 2.55. The first-order valence-corrected chi connectivity index (χ1v) is 10.6. The van der Waals surface area contributed by atoms with Crippen LogP contribution >= 0.6 is 0 Å². The third-order valence-corrected chi connectivity index (χ3v) is 7.64. The number of rotatable bonds is 3. The maximum absolute atomic E-state index is 13.3. The van der Waals surface area contributed by atoms with Gasteiger partial charge in [0.15, 0.2) is 12.4 Å². The van der Waals surface area contributed by atoms with Crippen LogP contribution in [0.15, 0.2) is 35.5 Å². The van der Waals surface area contributed by atoms with Gasteiger partial charge in [0, 0.05) is 38.3 Å². The van der Waals surface area contributed by atoms with Crippen LogP contribution in [-0.2, 0) is 10.0 Å². The average molecular weight is 404 g/mol. The second-order valence-corrected chi connectivity index (χ2v) is 9.11. The molecule has 0 N–H and O–H groups in total. The Kier molecular flexibility index (Phi) is 5.45. The maximum atomic E-state index is 13.3. The lowest BCUT2D eigenvalue weighted by atomic mass is 10.0. The summed E-state index contributed by atoms with van der Waals surface area (Å²) < 4.78 is 28.7. The van der Waals surface area contributed by atoms with E-state index in [-0.39, 0.29) is 19.0 Å². The highest BCUT2D eigenvalue weighted by atomic mass is 32.2. The molecule has 0 spiro atoms. The van der Waals surface area contributed by atoms with Crippen LogP contribution in [0.5, 0.6) is 0 Å². The molecule has 0 unspecified atom stereocenters. The first-order chi connectivity index (χ1) is 13.1. The number of amides is 1. The van der Waals surface area contributed by atoms with E-state index in [1.54, 1.807) is 4.90 Å². The molecule has 2 heterocycles. The van der Waals surface area contributed by atoms with Crippen molar-refractivity contribution in [3.63, 3.8) is 0 Å². The van der Waals surface area contributed by atoms with Gasteiger partial charge in [-0.25, -0.2) is 8.42 Å². The molecule has 28 heavy (non-hydrogen) atoms. The van der Waals surface area contributed by atoms with E-state index in [0.29, 0.717) is 28.3 Å². The molecule has 150 valence electrons. The summed E-state index contributed by atoms with van der Waals surface area (Å²) in [5.74, 6) is -0.198. The summed E-state index contributed by atoms with van der Waals surface area (Å²) in [6.45, 7) is 8.63. The number of benzene rings is 1. The Bertz CT molecular complexity index is 982. The van der Waals surface area contributed by atoms with Crippen molar-refractivity contribution in [2.45, 2.75) is 32.6 Å². The van der Waals surface area contributed by atoms with Crippen LogP contribution in [0.4, 0.5) is 0 Å². The van der Waals surface area contributed by atoms with E-state index in [0.717, 1.165) is 22.3 Å². The fraction of sp³-hybridized carbons (Fsp3) is 0.400. The lowest BCUT2D eigenvalue weighted by molar-refractivity contribution is -0.605. The normalized spacial score (nSPS) is 15.6. The Morgan fingerprint density at radius 3 is 1.96 bits per heavy atom. The van der Waals surface area contributed by atoms with Gasteiger partial charge in [-0.05, 0) is 49.9 Å². The fourth-order valence-corrected chi connectivity index (χ4v) is 5.56. The van der Waals surface area contributed by atoms with E-state index in [1.165, 1.54) is 28.8 Å². The molecule has 8 heteroatoms. The molecule has 2 aromatic rings. The number of aromatic nitrogens is 1. The van der Waals surface area contributed by atoms with Gasteiger partial charge in [-0.1, -0.05) is 6.07 Å². The summed E-state index contributed by atoms with van der Waals surface area (Å²) in [5.41, 5.74) is 3.88. The molecular weight excluding hydrogens is 378 g/mol. The molecule has 0 aliphatic carbocycles. The Balaban J connectivity index is 1.79. The molecule has 1 amide bonds. The van der Waals surface area contributed by atoms with Gasteiger partial charge < -0.3 is 10.1 Å². The van der Waals surface area contributed by atoms with Gasteiger partial charge in [-0.3, -0.25) is 4.79 Å². The molecular formula is C20H25N3O4S. The zero-order valence-corrected chi connectivity index (χ0v) is 17.4. The maximum Gasteiger partial charge on any atom is 0.254 e. The van der Waals surface area contributed by atoms with Crippen LogP contribution in [0.25, 0.3) is 0 Å². The van der Waals surface area contributed by atoms with E-state index in [4.69, 9.17) is 0 Å². The topological polar surface area (TPSA) is 84.6 Å². The molecule has 1 aliphatic rings. The van der Waals surface area contributed by atoms with E-state index >= 15 is 0 Å². The van der Waals surface area contributed by atoms with Crippen LogP contribution in [-0.4, -0.2) is 49.7 Å². The molecule has 0 saturated carbocycles. The number of hydrogen-bond donors (Lipinski definition) is 0. The van der Waals surface area contributed by atoms with Crippen molar-refractivity contribution in [1.82, 2.24) is 9.21 Å². The van der Waals surface area contributed by atoms with Gasteiger partial charge in [-0.2, -0.15) is 9.04 Å². The Hall–Kier alpha value is -2.45. The molecule has 1 saturated heterocycles. The van der Waals surface area contributed by atoms with Gasteiger partial charge >= 0.3 is 0 Å².